The van der Waals surface area contributed by atoms with Crippen LogP contribution in [-0.4, -0.2) is 38.3 Å². The molecule has 1 aromatic carbocycles. The van der Waals surface area contributed by atoms with E-state index in [0.717, 1.165) is 40.9 Å². The highest BCUT2D eigenvalue weighted by Gasteiger charge is 2.04. The molecular weight excluding hydrogens is 348 g/mol. The lowest BCUT2D eigenvalue weighted by molar-refractivity contribution is 0.119. The Morgan fingerprint density at radius 1 is 1.19 bits per heavy atom. The van der Waals surface area contributed by atoms with Gasteiger partial charge < -0.3 is 20.1 Å². The molecule has 0 amide bonds. The molecule has 2 aromatic rings. The van der Waals surface area contributed by atoms with Crippen molar-refractivity contribution in [3.63, 3.8) is 0 Å². The highest BCUT2D eigenvalue weighted by molar-refractivity contribution is 7.11. The van der Waals surface area contributed by atoms with Crippen LogP contribution in [0.25, 0.3) is 0 Å². The van der Waals surface area contributed by atoms with E-state index in [9.17, 15) is 0 Å². The molecule has 26 heavy (non-hydrogen) atoms. The van der Waals surface area contributed by atoms with E-state index in [0.29, 0.717) is 19.8 Å². The fourth-order valence-electron chi connectivity index (χ4n) is 2.29. The number of hydrogen-bond donors (Lipinski definition) is 2. The van der Waals surface area contributed by atoms with Gasteiger partial charge in [-0.2, -0.15) is 0 Å². The quantitative estimate of drug-likeness (QED) is 0.400. The fourth-order valence-corrected chi connectivity index (χ4v) is 3.16. The van der Waals surface area contributed by atoms with Crippen LogP contribution in [0.5, 0.6) is 5.75 Å². The van der Waals surface area contributed by atoms with Crippen molar-refractivity contribution >= 4 is 17.3 Å². The molecule has 0 unspecified atom stereocenters. The molecule has 0 atom stereocenters. The second-order valence-corrected chi connectivity index (χ2v) is 7.14. The third kappa shape index (κ3) is 6.65. The van der Waals surface area contributed by atoms with Crippen molar-refractivity contribution < 1.29 is 9.47 Å². The van der Waals surface area contributed by atoms with Crippen LogP contribution in [0.1, 0.15) is 27.6 Å². The molecule has 6 nitrogen and oxygen atoms in total. The zero-order valence-corrected chi connectivity index (χ0v) is 16.8. The third-order valence-corrected chi connectivity index (χ3v) is 4.96. The Bertz CT molecular complexity index is 679. The Morgan fingerprint density at radius 2 is 1.96 bits per heavy atom. The van der Waals surface area contributed by atoms with Gasteiger partial charge in [-0.1, -0.05) is 12.1 Å². The van der Waals surface area contributed by atoms with Crippen LogP contribution in [0.2, 0.25) is 0 Å². The third-order valence-electron chi connectivity index (χ3n) is 3.89. The molecule has 7 heteroatoms. The van der Waals surface area contributed by atoms with Crippen molar-refractivity contribution in [2.75, 3.05) is 27.3 Å². The van der Waals surface area contributed by atoms with E-state index in [1.807, 2.05) is 31.2 Å². The first-order chi connectivity index (χ1) is 12.6. The molecule has 2 N–H and O–H groups in total. The summed E-state index contributed by atoms with van der Waals surface area (Å²) in [5.74, 6) is 1.64. The molecule has 1 heterocycles. The molecular formula is C19H28N4O2S. The van der Waals surface area contributed by atoms with E-state index in [-0.39, 0.29) is 0 Å². The molecule has 0 aliphatic carbocycles. The minimum Gasteiger partial charge on any atom is -0.497 e. The van der Waals surface area contributed by atoms with Crippen molar-refractivity contribution in [3.8, 4) is 5.75 Å². The topological polar surface area (TPSA) is 67.8 Å². The normalized spacial score (nSPS) is 11.5. The van der Waals surface area contributed by atoms with E-state index in [4.69, 9.17) is 9.47 Å². The molecule has 0 spiro atoms. The largest absolute Gasteiger partial charge is 0.497 e. The molecule has 0 bridgehead atoms. The molecule has 0 radical (unpaired) electrons. The van der Waals surface area contributed by atoms with Gasteiger partial charge in [-0.05, 0) is 38.0 Å². The van der Waals surface area contributed by atoms with Crippen molar-refractivity contribution in [3.05, 3.63) is 45.4 Å². The maximum absolute atomic E-state index is 5.70. The van der Waals surface area contributed by atoms with Gasteiger partial charge in [0.1, 0.15) is 10.8 Å². The number of nitrogens with zero attached hydrogens (tertiary/aromatic N) is 2. The van der Waals surface area contributed by atoms with Gasteiger partial charge in [0.25, 0.3) is 0 Å². The predicted molar refractivity (Wildman–Crippen MR) is 107 cm³/mol. The Kier molecular flexibility index (Phi) is 8.37. The second kappa shape index (κ2) is 10.8. The van der Waals surface area contributed by atoms with Gasteiger partial charge in [0, 0.05) is 25.1 Å². The highest BCUT2D eigenvalue weighted by atomic mass is 32.1. The number of rotatable bonds is 9. The maximum Gasteiger partial charge on any atom is 0.191 e. The molecule has 2 rings (SSSR count). The van der Waals surface area contributed by atoms with Crippen molar-refractivity contribution in [1.82, 2.24) is 15.6 Å². The zero-order chi connectivity index (χ0) is 18.8. The Hall–Kier alpha value is -2.12. The Balaban J connectivity index is 1.58. The smallest absolute Gasteiger partial charge is 0.191 e. The lowest BCUT2D eigenvalue weighted by Gasteiger charge is -2.11. The average Bonchev–Trinajstić information content (AvgIpc) is 2.98. The van der Waals surface area contributed by atoms with Gasteiger partial charge in [-0.25, -0.2) is 4.98 Å². The number of guanidine groups is 1. The minimum absolute atomic E-state index is 0.611. The van der Waals surface area contributed by atoms with Crippen LogP contribution in [0.15, 0.2) is 29.3 Å². The van der Waals surface area contributed by atoms with Crippen molar-refractivity contribution in [1.29, 1.82) is 0 Å². The summed E-state index contributed by atoms with van der Waals surface area (Å²) in [6.07, 6.45) is 0.909. The summed E-state index contributed by atoms with van der Waals surface area (Å²) in [5, 5.41) is 7.66. The molecule has 1 aromatic heterocycles. The van der Waals surface area contributed by atoms with Crippen LogP contribution in [0.3, 0.4) is 0 Å². The van der Waals surface area contributed by atoms with Crippen LogP contribution in [0, 0.1) is 13.8 Å². The maximum atomic E-state index is 5.70. The lowest BCUT2D eigenvalue weighted by Crippen LogP contribution is -2.37. The molecule has 0 saturated heterocycles. The van der Waals surface area contributed by atoms with Crippen LogP contribution < -0.4 is 15.4 Å². The average molecular weight is 377 g/mol. The van der Waals surface area contributed by atoms with Gasteiger partial charge in [-0.15, -0.1) is 11.3 Å². The fraction of sp³-hybridized carbons (Fsp3) is 0.474. The van der Waals surface area contributed by atoms with Gasteiger partial charge in [0.15, 0.2) is 5.96 Å². The van der Waals surface area contributed by atoms with Gasteiger partial charge in [-0.3, -0.25) is 4.99 Å². The van der Waals surface area contributed by atoms with E-state index in [2.05, 4.69) is 27.5 Å². The number of ether oxygens (including phenoxy) is 2. The number of thiazole rings is 1. The highest BCUT2D eigenvalue weighted by Crippen LogP contribution is 2.15. The summed E-state index contributed by atoms with van der Waals surface area (Å²) < 4.78 is 10.8. The number of benzene rings is 1. The molecule has 0 aliphatic rings. The first-order valence-corrected chi connectivity index (χ1v) is 9.52. The Morgan fingerprint density at radius 3 is 2.58 bits per heavy atom. The number of aryl methyl sites for hydroxylation is 2. The number of nitrogens with one attached hydrogen (secondary N) is 2. The van der Waals surface area contributed by atoms with E-state index < -0.39 is 0 Å². The summed E-state index contributed by atoms with van der Waals surface area (Å²) in [4.78, 5) is 10.0. The van der Waals surface area contributed by atoms with Crippen LogP contribution in [-0.2, 0) is 17.9 Å². The molecule has 142 valence electrons. The van der Waals surface area contributed by atoms with Crippen LogP contribution >= 0.6 is 11.3 Å². The summed E-state index contributed by atoms with van der Waals surface area (Å²) in [7, 11) is 3.44. The summed E-state index contributed by atoms with van der Waals surface area (Å²) >= 11 is 1.72. The number of aliphatic imine (C=N–C) groups is 1. The van der Waals surface area contributed by atoms with E-state index in [1.54, 1.807) is 25.5 Å². The number of hydrogen-bond acceptors (Lipinski definition) is 5. The van der Waals surface area contributed by atoms with E-state index >= 15 is 0 Å². The van der Waals surface area contributed by atoms with Crippen molar-refractivity contribution in [2.24, 2.45) is 4.99 Å². The van der Waals surface area contributed by atoms with Gasteiger partial charge in [0.2, 0.25) is 0 Å². The zero-order valence-electron chi connectivity index (χ0n) is 16.0. The van der Waals surface area contributed by atoms with Crippen molar-refractivity contribution in [2.45, 2.75) is 33.4 Å². The monoisotopic (exact) mass is 376 g/mol. The molecule has 0 fully saturated rings. The van der Waals surface area contributed by atoms with Gasteiger partial charge in [0.05, 0.1) is 26.0 Å². The molecule has 0 aliphatic heterocycles. The Labute approximate surface area is 159 Å². The van der Waals surface area contributed by atoms with E-state index in [1.165, 1.54) is 4.88 Å². The standard InChI is InChI=1S/C19H28N4O2S/c1-14-15(2)26-18(23-14)12-22-19(20-3)21-10-5-11-25-13-16-6-8-17(24-4)9-7-16/h6-9H,5,10-13H2,1-4H3,(H2,20,21,22). The summed E-state index contributed by atoms with van der Waals surface area (Å²) in [5.41, 5.74) is 2.24. The lowest BCUT2D eigenvalue weighted by atomic mass is 10.2. The SMILES string of the molecule is CN=C(NCCCOCc1ccc(OC)cc1)NCc1nc(C)c(C)s1. The number of aromatic nitrogens is 1. The first kappa shape index (κ1) is 20.2. The minimum atomic E-state index is 0.611. The summed E-state index contributed by atoms with van der Waals surface area (Å²) in [6.45, 7) is 6.93. The second-order valence-electron chi connectivity index (χ2n) is 5.86. The van der Waals surface area contributed by atoms with Crippen LogP contribution in [0.4, 0.5) is 0 Å². The predicted octanol–water partition coefficient (Wildman–Crippen LogP) is 3.04. The summed E-state index contributed by atoms with van der Waals surface area (Å²) in [6, 6.07) is 7.93. The van der Waals surface area contributed by atoms with Gasteiger partial charge >= 0.3 is 0 Å². The first-order valence-electron chi connectivity index (χ1n) is 8.70. The molecule has 0 saturated carbocycles. The number of methoxy groups -OCH3 is 1.